The quantitative estimate of drug-likeness (QED) is 0.755. The van der Waals surface area contributed by atoms with Crippen molar-refractivity contribution >= 4 is 16.8 Å². The van der Waals surface area contributed by atoms with Gasteiger partial charge in [-0.05, 0) is 32.4 Å². The number of hydrogen-bond donors (Lipinski definition) is 1. The van der Waals surface area contributed by atoms with E-state index in [2.05, 4.69) is 31.3 Å². The molecule has 1 atom stereocenters. The lowest BCUT2D eigenvalue weighted by Gasteiger charge is -2.14. The van der Waals surface area contributed by atoms with Gasteiger partial charge in [0.15, 0.2) is 0 Å². The highest BCUT2D eigenvalue weighted by molar-refractivity contribution is 6.07. The monoisotopic (exact) mass is 318 g/mol. The van der Waals surface area contributed by atoms with Crippen LogP contribution in [-0.4, -0.2) is 16.9 Å². The molecule has 0 saturated carbocycles. The van der Waals surface area contributed by atoms with Crippen molar-refractivity contribution < 1.29 is 4.79 Å². The number of carbonyl (C=O) groups is 1. The Morgan fingerprint density at radius 3 is 2.54 bits per heavy atom. The third-order valence-electron chi connectivity index (χ3n) is 4.30. The topological polar surface area (TPSA) is 42.0 Å². The second-order valence-corrected chi connectivity index (χ2v) is 6.22. The maximum Gasteiger partial charge on any atom is 0.252 e. The summed E-state index contributed by atoms with van der Waals surface area (Å²) < 4.78 is 0. The molecule has 0 aliphatic carbocycles. The third kappa shape index (κ3) is 3.30. The van der Waals surface area contributed by atoms with Crippen LogP contribution in [0, 0.1) is 6.92 Å². The van der Waals surface area contributed by atoms with E-state index in [1.54, 1.807) is 0 Å². The minimum Gasteiger partial charge on any atom is -0.350 e. The molecule has 3 heteroatoms. The molecular weight excluding hydrogens is 296 g/mol. The minimum atomic E-state index is -0.0451. The molecule has 0 aliphatic heterocycles. The summed E-state index contributed by atoms with van der Waals surface area (Å²) in [6.07, 6.45) is 0.902. The Hall–Kier alpha value is -2.68. The molecule has 3 aromatic rings. The van der Waals surface area contributed by atoms with Crippen LogP contribution in [0.2, 0.25) is 0 Å². The molecule has 0 unspecified atom stereocenters. The molecule has 1 heterocycles. The molecule has 0 radical (unpaired) electrons. The number of amides is 1. The van der Waals surface area contributed by atoms with Gasteiger partial charge in [-0.25, -0.2) is 4.98 Å². The van der Waals surface area contributed by atoms with Crippen LogP contribution in [0.5, 0.6) is 0 Å². The van der Waals surface area contributed by atoms with Gasteiger partial charge < -0.3 is 5.32 Å². The number of fused-ring (bicyclic) bond motifs is 1. The van der Waals surface area contributed by atoms with E-state index in [-0.39, 0.29) is 11.9 Å². The molecule has 3 rings (SSSR count). The van der Waals surface area contributed by atoms with Crippen LogP contribution < -0.4 is 5.32 Å². The van der Waals surface area contributed by atoms with Crippen molar-refractivity contribution in [3.05, 3.63) is 65.7 Å². The summed E-state index contributed by atoms with van der Waals surface area (Å²) in [4.78, 5) is 17.5. The zero-order valence-corrected chi connectivity index (χ0v) is 14.3. The summed E-state index contributed by atoms with van der Waals surface area (Å²) in [6, 6.07) is 18.0. The van der Waals surface area contributed by atoms with Gasteiger partial charge in [-0.3, -0.25) is 4.79 Å². The lowest BCUT2D eigenvalue weighted by atomic mass is 10.0. The highest BCUT2D eigenvalue weighted by Gasteiger charge is 2.15. The Balaban J connectivity index is 2.12. The number of para-hydroxylation sites is 1. The number of aryl methyl sites for hydroxylation is 1. The summed E-state index contributed by atoms with van der Waals surface area (Å²) >= 11 is 0. The van der Waals surface area contributed by atoms with Crippen molar-refractivity contribution in [1.82, 2.24) is 10.3 Å². The van der Waals surface area contributed by atoms with E-state index in [0.717, 1.165) is 28.6 Å². The van der Waals surface area contributed by atoms with Gasteiger partial charge >= 0.3 is 0 Å². The molecule has 24 heavy (non-hydrogen) atoms. The fourth-order valence-corrected chi connectivity index (χ4v) is 2.64. The number of pyridine rings is 1. The zero-order chi connectivity index (χ0) is 17.1. The van der Waals surface area contributed by atoms with Crippen LogP contribution in [0.4, 0.5) is 0 Å². The Labute approximate surface area is 142 Å². The van der Waals surface area contributed by atoms with E-state index in [1.807, 2.05) is 49.4 Å². The second kappa shape index (κ2) is 6.83. The summed E-state index contributed by atoms with van der Waals surface area (Å²) in [5.74, 6) is -0.0451. The van der Waals surface area contributed by atoms with E-state index >= 15 is 0 Å². The molecule has 0 spiro atoms. The first-order valence-electron chi connectivity index (χ1n) is 8.36. The number of aromatic nitrogens is 1. The van der Waals surface area contributed by atoms with Crippen LogP contribution >= 0.6 is 0 Å². The van der Waals surface area contributed by atoms with E-state index in [0.29, 0.717) is 5.56 Å². The van der Waals surface area contributed by atoms with Crippen molar-refractivity contribution in [2.75, 3.05) is 0 Å². The van der Waals surface area contributed by atoms with E-state index in [9.17, 15) is 4.79 Å². The van der Waals surface area contributed by atoms with Gasteiger partial charge in [-0.15, -0.1) is 0 Å². The number of hydrogen-bond acceptors (Lipinski definition) is 2. The Morgan fingerprint density at radius 1 is 1.12 bits per heavy atom. The SMILES string of the molecule is CC[C@@H](C)NC(=O)c1cc(-c2ccc(C)cc2)nc2ccccc12. The highest BCUT2D eigenvalue weighted by Crippen LogP contribution is 2.25. The Morgan fingerprint density at radius 2 is 1.83 bits per heavy atom. The number of carbonyl (C=O) groups excluding carboxylic acids is 1. The van der Waals surface area contributed by atoms with Gasteiger partial charge in [0.05, 0.1) is 16.8 Å². The summed E-state index contributed by atoms with van der Waals surface area (Å²) in [5.41, 5.74) is 4.56. The summed E-state index contributed by atoms with van der Waals surface area (Å²) in [6.45, 7) is 6.14. The van der Waals surface area contributed by atoms with Gasteiger partial charge in [-0.1, -0.05) is 55.0 Å². The molecule has 2 aromatic carbocycles. The van der Waals surface area contributed by atoms with E-state index < -0.39 is 0 Å². The van der Waals surface area contributed by atoms with Gasteiger partial charge in [-0.2, -0.15) is 0 Å². The van der Waals surface area contributed by atoms with Crippen molar-refractivity contribution in [1.29, 1.82) is 0 Å². The normalized spacial score (nSPS) is 12.1. The van der Waals surface area contributed by atoms with E-state index in [4.69, 9.17) is 4.98 Å². The van der Waals surface area contributed by atoms with Gasteiger partial charge in [0.2, 0.25) is 0 Å². The highest BCUT2D eigenvalue weighted by atomic mass is 16.1. The summed E-state index contributed by atoms with van der Waals surface area (Å²) in [5, 5.41) is 3.94. The van der Waals surface area contributed by atoms with Crippen LogP contribution in [0.1, 0.15) is 36.2 Å². The van der Waals surface area contributed by atoms with Gasteiger partial charge in [0.25, 0.3) is 5.91 Å². The maximum atomic E-state index is 12.7. The largest absolute Gasteiger partial charge is 0.350 e. The predicted molar refractivity (Wildman–Crippen MR) is 99.1 cm³/mol. The standard InChI is InChI=1S/C21H22N2O/c1-4-15(3)22-21(24)18-13-20(16-11-9-14(2)10-12-16)23-19-8-6-5-7-17(18)19/h5-13,15H,4H2,1-3H3,(H,22,24)/t15-/m1/s1. The number of nitrogens with zero attached hydrogens (tertiary/aromatic N) is 1. The molecule has 1 aromatic heterocycles. The lowest BCUT2D eigenvalue weighted by Crippen LogP contribution is -2.32. The third-order valence-corrected chi connectivity index (χ3v) is 4.30. The predicted octanol–water partition coefficient (Wildman–Crippen LogP) is 4.74. The minimum absolute atomic E-state index is 0.0451. The molecule has 0 aliphatic rings. The number of rotatable bonds is 4. The lowest BCUT2D eigenvalue weighted by molar-refractivity contribution is 0.0941. The first kappa shape index (κ1) is 16.2. The van der Waals surface area contributed by atoms with Crippen molar-refractivity contribution in [3.8, 4) is 11.3 Å². The fourth-order valence-electron chi connectivity index (χ4n) is 2.64. The van der Waals surface area contributed by atoms with Crippen LogP contribution in [-0.2, 0) is 0 Å². The average Bonchev–Trinajstić information content (AvgIpc) is 2.61. The molecule has 122 valence electrons. The van der Waals surface area contributed by atoms with Crippen LogP contribution in [0.15, 0.2) is 54.6 Å². The molecule has 0 bridgehead atoms. The molecule has 3 nitrogen and oxygen atoms in total. The fraction of sp³-hybridized carbons (Fsp3) is 0.238. The summed E-state index contributed by atoms with van der Waals surface area (Å²) in [7, 11) is 0. The van der Waals surface area contributed by atoms with Gasteiger partial charge in [0, 0.05) is 17.0 Å². The second-order valence-electron chi connectivity index (χ2n) is 6.22. The first-order valence-corrected chi connectivity index (χ1v) is 8.36. The van der Waals surface area contributed by atoms with Crippen molar-refractivity contribution in [2.45, 2.75) is 33.2 Å². The molecule has 1 N–H and O–H groups in total. The molecular formula is C21H22N2O. The van der Waals surface area contributed by atoms with Crippen LogP contribution in [0.25, 0.3) is 22.2 Å². The Kier molecular flexibility index (Phi) is 4.61. The van der Waals surface area contributed by atoms with Crippen molar-refractivity contribution in [2.24, 2.45) is 0 Å². The number of nitrogens with one attached hydrogen (secondary N) is 1. The zero-order valence-electron chi connectivity index (χ0n) is 14.3. The maximum absolute atomic E-state index is 12.7. The number of benzene rings is 2. The average molecular weight is 318 g/mol. The molecule has 0 saturated heterocycles. The van der Waals surface area contributed by atoms with Crippen molar-refractivity contribution in [3.63, 3.8) is 0 Å². The molecule has 1 amide bonds. The smallest absolute Gasteiger partial charge is 0.252 e. The Bertz CT molecular complexity index is 869. The van der Waals surface area contributed by atoms with E-state index in [1.165, 1.54) is 5.56 Å². The van der Waals surface area contributed by atoms with Crippen LogP contribution in [0.3, 0.4) is 0 Å². The first-order chi connectivity index (χ1) is 11.6. The molecule has 0 fully saturated rings. The van der Waals surface area contributed by atoms with Gasteiger partial charge in [0.1, 0.15) is 0 Å².